The number of aromatic nitrogens is 3. The number of thioether (sulfide) groups is 1. The van der Waals surface area contributed by atoms with Crippen molar-refractivity contribution < 1.29 is 23.5 Å². The lowest BCUT2D eigenvalue weighted by molar-refractivity contribution is 0.0122. The number of carbonyl (C=O) groups is 2. The lowest BCUT2D eigenvalue weighted by Gasteiger charge is -2.42. The number of fused-ring (bicyclic) bond motifs is 3. The van der Waals surface area contributed by atoms with E-state index in [2.05, 4.69) is 20.2 Å². The van der Waals surface area contributed by atoms with E-state index in [1.54, 1.807) is 43.2 Å². The lowest BCUT2D eigenvalue weighted by atomic mass is 10.0. The molecule has 0 saturated carbocycles. The lowest BCUT2D eigenvalue weighted by Crippen LogP contribution is -2.57. The molecule has 0 radical (unpaired) electrons. The van der Waals surface area contributed by atoms with Crippen molar-refractivity contribution in [3.8, 4) is 11.1 Å². The number of thiazole rings is 1. The second-order valence-electron chi connectivity index (χ2n) is 14.6. The summed E-state index contributed by atoms with van der Waals surface area (Å²) in [5, 5.41) is 3.97. The van der Waals surface area contributed by atoms with Gasteiger partial charge in [-0.2, -0.15) is 4.98 Å². The molecular formula is C34H38ClFN6O5S2. The standard InChI is InChI=1S/C34H38ClFN6O5S2/c1-33(2,3)46-31(44)39-29-37-24-19(10-11-22(36)26(24)49-29)23-21(35)14-20-25-27(23)48-13-7-12-41(25)30(43)38-28(20)40-15-17-8-9-18(16-40)42(17)32(45)47-34(4,5)6/h10-11,14,17-18H,7-9,12-13,15-16H2,1-6H3,(H,37,39,44). The molecule has 2 fully saturated rings. The van der Waals surface area contributed by atoms with Crippen molar-refractivity contribution >= 4 is 79.0 Å². The summed E-state index contributed by atoms with van der Waals surface area (Å²) >= 11 is 9.78. The average molecular weight is 729 g/mol. The van der Waals surface area contributed by atoms with Crippen molar-refractivity contribution in [2.45, 2.75) is 95.5 Å². The van der Waals surface area contributed by atoms with E-state index < -0.39 is 23.1 Å². The van der Waals surface area contributed by atoms with Crippen LogP contribution in [0.25, 0.3) is 32.2 Å². The van der Waals surface area contributed by atoms with Crippen LogP contribution in [0.1, 0.15) is 60.8 Å². The van der Waals surface area contributed by atoms with E-state index in [-0.39, 0.29) is 33.7 Å². The van der Waals surface area contributed by atoms with Crippen molar-refractivity contribution in [1.29, 1.82) is 0 Å². The zero-order valence-corrected chi connectivity index (χ0v) is 30.6. The van der Waals surface area contributed by atoms with Crippen LogP contribution in [0, 0.1) is 5.82 Å². The SMILES string of the molecule is CC(C)(C)OC(=O)Nc1nc2c(-c3c(Cl)cc4c(N5CC6CCC(C5)N6C(=O)OC(C)(C)C)nc(=O)n5c4c3SCCC5)ccc(F)c2s1. The predicted octanol–water partition coefficient (Wildman–Crippen LogP) is 7.90. The minimum absolute atomic E-state index is 0.0761. The topological polar surface area (TPSA) is 119 Å². The predicted molar refractivity (Wildman–Crippen MR) is 192 cm³/mol. The summed E-state index contributed by atoms with van der Waals surface area (Å²) < 4.78 is 28.3. The maximum atomic E-state index is 15.2. The molecule has 2 aromatic carbocycles. The first-order valence-corrected chi connectivity index (χ1v) is 18.5. The van der Waals surface area contributed by atoms with Crippen LogP contribution >= 0.6 is 34.7 Å². The third-order valence-corrected chi connectivity index (χ3v) is 11.1. The highest BCUT2D eigenvalue weighted by atomic mass is 35.5. The maximum Gasteiger partial charge on any atom is 0.413 e. The van der Waals surface area contributed by atoms with Crippen LogP contribution in [0.2, 0.25) is 5.02 Å². The second kappa shape index (κ2) is 12.3. The van der Waals surface area contributed by atoms with Gasteiger partial charge in [-0.3, -0.25) is 14.8 Å². The van der Waals surface area contributed by atoms with Crippen LogP contribution in [0.3, 0.4) is 0 Å². The van der Waals surface area contributed by atoms with Crippen LogP contribution in [0.4, 0.5) is 24.9 Å². The number of hydrogen-bond acceptors (Lipinski definition) is 10. The summed E-state index contributed by atoms with van der Waals surface area (Å²) in [6.07, 6.45) is 1.40. The fourth-order valence-electron chi connectivity index (χ4n) is 6.91. The van der Waals surface area contributed by atoms with E-state index in [9.17, 15) is 14.4 Å². The molecule has 15 heteroatoms. The minimum atomic E-state index is -0.719. The molecule has 11 nitrogen and oxygen atoms in total. The Kier molecular flexibility index (Phi) is 8.50. The molecule has 4 aromatic rings. The Balaban J connectivity index is 1.33. The van der Waals surface area contributed by atoms with Gasteiger partial charge in [0.1, 0.15) is 22.8 Å². The summed E-state index contributed by atoms with van der Waals surface area (Å²) in [5.74, 6) is 0.785. The number of aryl methyl sites for hydroxylation is 1. The van der Waals surface area contributed by atoms with Gasteiger partial charge in [0.05, 0.1) is 32.8 Å². The molecule has 0 spiro atoms. The number of amides is 2. The summed E-state index contributed by atoms with van der Waals surface area (Å²) in [4.78, 5) is 53.4. The number of carbonyl (C=O) groups excluding carboxylic acids is 2. The van der Waals surface area contributed by atoms with Gasteiger partial charge < -0.3 is 14.4 Å². The van der Waals surface area contributed by atoms with Crippen molar-refractivity contribution in [3.63, 3.8) is 0 Å². The van der Waals surface area contributed by atoms with Gasteiger partial charge >= 0.3 is 17.9 Å². The monoisotopic (exact) mass is 728 g/mol. The number of rotatable bonds is 3. The molecule has 2 unspecified atom stereocenters. The van der Waals surface area contributed by atoms with Crippen LogP contribution < -0.4 is 15.9 Å². The Bertz CT molecular complexity index is 2060. The molecule has 3 aliphatic rings. The Morgan fingerprint density at radius 3 is 2.41 bits per heavy atom. The first kappa shape index (κ1) is 33.9. The molecule has 2 bridgehead atoms. The number of hydrogen-bond donors (Lipinski definition) is 1. The number of piperazine rings is 1. The van der Waals surface area contributed by atoms with Gasteiger partial charge in [0.2, 0.25) is 0 Å². The number of anilines is 2. The van der Waals surface area contributed by atoms with Crippen LogP contribution in [0.15, 0.2) is 27.9 Å². The number of ether oxygens (including phenoxy) is 2. The number of nitrogens with zero attached hydrogens (tertiary/aromatic N) is 5. The molecule has 49 heavy (non-hydrogen) atoms. The molecule has 2 amide bonds. The Labute approximate surface area is 296 Å². The van der Waals surface area contributed by atoms with E-state index in [4.69, 9.17) is 21.1 Å². The smallest absolute Gasteiger partial charge is 0.413 e. The van der Waals surface area contributed by atoms with Gasteiger partial charge in [0.15, 0.2) is 5.13 Å². The van der Waals surface area contributed by atoms with Gasteiger partial charge in [-0.05, 0) is 84.8 Å². The normalized spacial score (nSPS) is 19.3. The summed E-state index contributed by atoms with van der Waals surface area (Å²) in [6, 6.07) is 4.69. The quantitative estimate of drug-likeness (QED) is 0.225. The van der Waals surface area contributed by atoms with Gasteiger partial charge in [-0.25, -0.2) is 23.8 Å². The van der Waals surface area contributed by atoms with Gasteiger partial charge in [0.25, 0.3) is 0 Å². The van der Waals surface area contributed by atoms with Gasteiger partial charge in [-0.1, -0.05) is 22.9 Å². The minimum Gasteiger partial charge on any atom is -0.444 e. The molecule has 1 N–H and O–H groups in total. The molecule has 3 aliphatic heterocycles. The molecule has 0 aliphatic carbocycles. The average Bonchev–Trinajstić information content (AvgIpc) is 3.43. The largest absolute Gasteiger partial charge is 0.444 e. The number of nitrogens with one attached hydrogen (secondary N) is 1. The second-order valence-corrected chi connectivity index (χ2v) is 17.1. The van der Waals surface area contributed by atoms with Crippen molar-refractivity contribution in [2.75, 3.05) is 29.1 Å². The molecule has 7 rings (SSSR count). The molecule has 2 aromatic heterocycles. The maximum absolute atomic E-state index is 15.2. The molecule has 2 atom stereocenters. The van der Waals surface area contributed by atoms with E-state index in [1.807, 2.05) is 31.7 Å². The van der Waals surface area contributed by atoms with E-state index >= 15 is 4.39 Å². The van der Waals surface area contributed by atoms with Gasteiger partial charge in [-0.15, -0.1) is 11.8 Å². The zero-order chi connectivity index (χ0) is 35.0. The van der Waals surface area contributed by atoms with E-state index in [0.29, 0.717) is 47.1 Å². The number of benzene rings is 2. The molecular weight excluding hydrogens is 691 g/mol. The first-order valence-electron chi connectivity index (χ1n) is 16.3. The van der Waals surface area contributed by atoms with Crippen molar-refractivity contribution in [2.24, 2.45) is 0 Å². The van der Waals surface area contributed by atoms with Gasteiger partial charge in [0, 0.05) is 41.0 Å². The highest BCUT2D eigenvalue weighted by Gasteiger charge is 2.45. The highest BCUT2D eigenvalue weighted by molar-refractivity contribution is 7.99. The third-order valence-electron chi connectivity index (χ3n) is 8.68. The van der Waals surface area contributed by atoms with E-state index in [1.165, 1.54) is 6.07 Å². The fourth-order valence-corrected chi connectivity index (χ4v) is 9.35. The summed E-state index contributed by atoms with van der Waals surface area (Å²) in [6.45, 7) is 12.3. The summed E-state index contributed by atoms with van der Waals surface area (Å²) in [7, 11) is 0. The molecule has 2 saturated heterocycles. The Hall–Kier alpha value is -3.62. The zero-order valence-electron chi connectivity index (χ0n) is 28.2. The molecule has 5 heterocycles. The Morgan fingerprint density at radius 1 is 1.04 bits per heavy atom. The van der Waals surface area contributed by atoms with Crippen LogP contribution in [0.5, 0.6) is 0 Å². The summed E-state index contributed by atoms with van der Waals surface area (Å²) in [5.41, 5.74) is 0.611. The van der Waals surface area contributed by atoms with E-state index in [0.717, 1.165) is 52.2 Å². The highest BCUT2D eigenvalue weighted by Crippen LogP contribution is 2.48. The third kappa shape index (κ3) is 6.43. The van der Waals surface area contributed by atoms with Crippen molar-refractivity contribution in [1.82, 2.24) is 19.4 Å². The number of halogens is 2. The fraction of sp³-hybridized carbons (Fsp3) is 0.500. The van der Waals surface area contributed by atoms with Crippen LogP contribution in [-0.2, 0) is 16.0 Å². The molecule has 260 valence electrons. The van der Waals surface area contributed by atoms with Crippen molar-refractivity contribution in [3.05, 3.63) is 39.5 Å². The first-order chi connectivity index (χ1) is 23.1. The Morgan fingerprint density at radius 2 is 1.73 bits per heavy atom. The van der Waals surface area contributed by atoms with Crippen LogP contribution in [-0.4, -0.2) is 73.7 Å².